The van der Waals surface area contributed by atoms with Crippen molar-refractivity contribution in [3.8, 4) is 5.88 Å². The van der Waals surface area contributed by atoms with Crippen LogP contribution in [0.15, 0.2) is 18.5 Å². The fourth-order valence-electron chi connectivity index (χ4n) is 2.61. The molecule has 0 radical (unpaired) electrons. The Labute approximate surface area is 97.6 Å². The highest BCUT2D eigenvalue weighted by Gasteiger charge is 2.52. The van der Waals surface area contributed by atoms with Crippen LogP contribution in [-0.4, -0.2) is 39.1 Å². The van der Waals surface area contributed by atoms with Gasteiger partial charge in [-0.25, -0.2) is 0 Å². The van der Waals surface area contributed by atoms with Crippen LogP contribution in [0.25, 0.3) is 5.65 Å². The number of hydrogen-bond acceptors (Lipinski definition) is 5. The summed E-state index contributed by atoms with van der Waals surface area (Å²) < 4.78 is 12.9. The quantitative estimate of drug-likeness (QED) is 0.778. The minimum absolute atomic E-state index is 0.245. The van der Waals surface area contributed by atoms with E-state index in [1.807, 2.05) is 12.1 Å². The van der Waals surface area contributed by atoms with E-state index in [2.05, 4.69) is 15.3 Å². The van der Waals surface area contributed by atoms with Crippen molar-refractivity contribution in [1.82, 2.24) is 19.8 Å². The van der Waals surface area contributed by atoms with Gasteiger partial charge in [0, 0.05) is 11.5 Å². The first-order valence-corrected chi connectivity index (χ1v) is 5.75. The summed E-state index contributed by atoms with van der Waals surface area (Å²) in [5.41, 5.74) is 0.970. The van der Waals surface area contributed by atoms with Crippen LogP contribution in [0.2, 0.25) is 0 Å². The maximum absolute atomic E-state index is 5.74. The van der Waals surface area contributed by atoms with Gasteiger partial charge in [0.25, 0.3) is 0 Å². The van der Waals surface area contributed by atoms with Gasteiger partial charge in [0.05, 0.1) is 19.3 Å². The Balaban J connectivity index is 1.51. The second-order valence-corrected chi connectivity index (χ2v) is 4.94. The molecule has 0 spiro atoms. The van der Waals surface area contributed by atoms with Gasteiger partial charge in [0.15, 0.2) is 5.65 Å². The molecule has 17 heavy (non-hydrogen) atoms. The van der Waals surface area contributed by atoms with E-state index < -0.39 is 0 Å². The third-order valence-corrected chi connectivity index (χ3v) is 3.61. The van der Waals surface area contributed by atoms with Crippen LogP contribution in [0.4, 0.5) is 0 Å². The Hall–Kier alpha value is -1.69. The third kappa shape index (κ3) is 1.40. The van der Waals surface area contributed by atoms with Gasteiger partial charge in [0.1, 0.15) is 6.33 Å². The van der Waals surface area contributed by atoms with E-state index in [4.69, 9.17) is 9.47 Å². The van der Waals surface area contributed by atoms with Crippen molar-refractivity contribution in [1.29, 1.82) is 0 Å². The monoisotopic (exact) mass is 232 g/mol. The predicted molar refractivity (Wildman–Crippen MR) is 57.7 cm³/mol. The van der Waals surface area contributed by atoms with Crippen molar-refractivity contribution in [2.24, 2.45) is 5.41 Å². The molecular formula is C11H12N4O2. The number of hydrogen-bond donors (Lipinski definition) is 0. The first kappa shape index (κ1) is 9.35. The molecule has 6 heteroatoms. The van der Waals surface area contributed by atoms with Crippen LogP contribution in [0.1, 0.15) is 12.8 Å². The zero-order chi connectivity index (χ0) is 11.3. The molecular weight excluding hydrogens is 220 g/mol. The summed E-state index contributed by atoms with van der Waals surface area (Å²) >= 11 is 0. The maximum atomic E-state index is 5.74. The summed E-state index contributed by atoms with van der Waals surface area (Å²) in [6.45, 7) is 1.51. The molecule has 3 fully saturated rings. The van der Waals surface area contributed by atoms with Gasteiger partial charge in [0.2, 0.25) is 5.88 Å². The van der Waals surface area contributed by atoms with Crippen molar-refractivity contribution in [2.75, 3.05) is 13.2 Å². The van der Waals surface area contributed by atoms with Crippen molar-refractivity contribution in [2.45, 2.75) is 18.9 Å². The highest BCUT2D eigenvalue weighted by molar-refractivity contribution is 5.35. The van der Waals surface area contributed by atoms with Gasteiger partial charge >= 0.3 is 0 Å². The van der Waals surface area contributed by atoms with Crippen molar-refractivity contribution in [3.05, 3.63) is 18.5 Å². The Morgan fingerprint density at radius 2 is 2.41 bits per heavy atom. The van der Waals surface area contributed by atoms with E-state index >= 15 is 0 Å². The Morgan fingerprint density at radius 3 is 3.24 bits per heavy atom. The number of nitrogens with zero attached hydrogens (tertiary/aromatic N) is 4. The smallest absolute Gasteiger partial charge is 0.231 e. The van der Waals surface area contributed by atoms with Gasteiger partial charge in [-0.15, -0.1) is 15.3 Å². The highest BCUT2D eigenvalue weighted by atomic mass is 16.5. The minimum Gasteiger partial charge on any atom is -0.476 e. The number of ether oxygens (including phenoxy) is 2. The van der Waals surface area contributed by atoms with Gasteiger partial charge in [-0.2, -0.15) is 4.52 Å². The van der Waals surface area contributed by atoms with E-state index in [-0.39, 0.29) is 5.41 Å². The first-order valence-electron chi connectivity index (χ1n) is 5.75. The molecule has 0 amide bonds. The lowest BCUT2D eigenvalue weighted by Crippen LogP contribution is -2.38. The van der Waals surface area contributed by atoms with E-state index in [0.717, 1.165) is 25.1 Å². The molecule has 88 valence electrons. The molecule has 2 aliphatic heterocycles. The molecule has 2 saturated heterocycles. The van der Waals surface area contributed by atoms with Crippen LogP contribution < -0.4 is 4.74 Å². The molecule has 0 aromatic carbocycles. The lowest BCUT2D eigenvalue weighted by atomic mass is 9.71. The molecule has 1 saturated carbocycles. The molecule has 2 bridgehead atoms. The lowest BCUT2D eigenvalue weighted by molar-refractivity contribution is 0.0799. The molecule has 5 rings (SSSR count). The van der Waals surface area contributed by atoms with Crippen LogP contribution in [0.5, 0.6) is 5.88 Å². The zero-order valence-electron chi connectivity index (χ0n) is 9.24. The van der Waals surface area contributed by atoms with Crippen molar-refractivity contribution in [3.63, 3.8) is 0 Å². The zero-order valence-corrected chi connectivity index (χ0v) is 9.24. The lowest BCUT2D eigenvalue weighted by Gasteiger charge is -2.34. The van der Waals surface area contributed by atoms with E-state index in [9.17, 15) is 0 Å². The molecule has 2 aromatic heterocycles. The van der Waals surface area contributed by atoms with Crippen molar-refractivity contribution < 1.29 is 9.47 Å². The number of aromatic nitrogens is 4. The topological polar surface area (TPSA) is 61.5 Å². The largest absolute Gasteiger partial charge is 0.476 e. The summed E-state index contributed by atoms with van der Waals surface area (Å²) in [6, 6.07) is 3.67. The molecule has 0 N–H and O–H groups in total. The fraction of sp³-hybridized carbons (Fsp3) is 0.545. The summed E-state index contributed by atoms with van der Waals surface area (Å²) in [5, 5.41) is 11.9. The second kappa shape index (κ2) is 3.16. The SMILES string of the molecule is c1cc2nncn2nc1OCC12COC(C1)C2. The second-order valence-electron chi connectivity index (χ2n) is 4.94. The third-order valence-electron chi connectivity index (χ3n) is 3.61. The fourth-order valence-corrected chi connectivity index (χ4v) is 2.61. The molecule has 6 nitrogen and oxygen atoms in total. The van der Waals surface area contributed by atoms with Crippen LogP contribution in [-0.2, 0) is 4.74 Å². The highest BCUT2D eigenvalue weighted by Crippen LogP contribution is 2.49. The standard InChI is InChI=1S/C11H12N4O2/c1-2-10(14-15-7-12-13-9(1)15)17-6-11-3-8(4-11)16-5-11/h1-2,7-8H,3-6H2. The molecule has 1 aliphatic carbocycles. The van der Waals surface area contributed by atoms with Crippen LogP contribution in [0.3, 0.4) is 0 Å². The summed E-state index contributed by atoms with van der Waals surface area (Å²) in [5.74, 6) is 0.613. The average molecular weight is 232 g/mol. The normalized spacial score (nSPS) is 30.5. The number of rotatable bonds is 3. The minimum atomic E-state index is 0.245. The molecule has 2 aromatic rings. The predicted octanol–water partition coefficient (Wildman–Crippen LogP) is 0.682. The van der Waals surface area contributed by atoms with Gasteiger partial charge < -0.3 is 9.47 Å². The summed E-state index contributed by atoms with van der Waals surface area (Å²) in [7, 11) is 0. The molecule has 4 heterocycles. The van der Waals surface area contributed by atoms with Crippen LogP contribution in [0, 0.1) is 5.41 Å². The Kier molecular flexibility index (Phi) is 1.74. The van der Waals surface area contributed by atoms with Gasteiger partial charge in [-0.05, 0) is 18.9 Å². The summed E-state index contributed by atoms with van der Waals surface area (Å²) in [4.78, 5) is 0. The maximum Gasteiger partial charge on any atom is 0.231 e. The van der Waals surface area contributed by atoms with E-state index in [0.29, 0.717) is 18.6 Å². The molecule has 3 aliphatic rings. The Morgan fingerprint density at radius 1 is 1.47 bits per heavy atom. The van der Waals surface area contributed by atoms with E-state index in [1.54, 1.807) is 10.8 Å². The van der Waals surface area contributed by atoms with Crippen LogP contribution >= 0.6 is 0 Å². The summed E-state index contributed by atoms with van der Waals surface area (Å²) in [6.07, 6.45) is 4.30. The van der Waals surface area contributed by atoms with Crippen molar-refractivity contribution >= 4 is 5.65 Å². The van der Waals surface area contributed by atoms with Gasteiger partial charge in [-0.1, -0.05) is 0 Å². The molecule has 0 atom stereocenters. The van der Waals surface area contributed by atoms with Gasteiger partial charge in [-0.3, -0.25) is 0 Å². The average Bonchev–Trinajstić information content (AvgIpc) is 3.00. The molecule has 0 unspecified atom stereocenters. The number of fused-ring (bicyclic) bond motifs is 2. The Bertz CT molecular complexity index is 556. The van der Waals surface area contributed by atoms with E-state index in [1.165, 1.54) is 0 Å². The first-order chi connectivity index (χ1) is 8.33.